The molecular weight excluding hydrogens is 440 g/mol. The number of fused-ring (bicyclic) bond motifs is 2. The Morgan fingerprint density at radius 3 is 2.44 bits per heavy atom. The number of hydrogen-bond donors (Lipinski definition) is 1. The van der Waals surface area contributed by atoms with Gasteiger partial charge in [0.05, 0.1) is 27.9 Å². The first-order valence-electron chi connectivity index (χ1n) is 11.6. The van der Waals surface area contributed by atoms with Crippen LogP contribution in [-0.2, 0) is 25.6 Å². The van der Waals surface area contributed by atoms with Crippen molar-refractivity contribution in [2.24, 2.45) is 16.7 Å². The average Bonchev–Trinajstić information content (AvgIpc) is 3.16. The van der Waals surface area contributed by atoms with Crippen LogP contribution in [0.25, 0.3) is 0 Å². The summed E-state index contributed by atoms with van der Waals surface area (Å²) in [4.78, 5) is 39.6. The van der Waals surface area contributed by atoms with Gasteiger partial charge in [0.2, 0.25) is 5.91 Å². The summed E-state index contributed by atoms with van der Waals surface area (Å²) in [5, 5.41) is 2.62. The van der Waals surface area contributed by atoms with Crippen LogP contribution < -0.4 is 14.8 Å². The number of esters is 1. The quantitative estimate of drug-likeness (QED) is 0.479. The second-order valence-corrected chi connectivity index (χ2v) is 10.2. The molecule has 2 saturated carbocycles. The van der Waals surface area contributed by atoms with E-state index in [1.165, 1.54) is 19.1 Å². The van der Waals surface area contributed by atoms with Crippen molar-refractivity contribution < 1.29 is 33.3 Å². The molecule has 1 heterocycles. The van der Waals surface area contributed by atoms with Crippen LogP contribution in [0, 0.1) is 16.7 Å². The van der Waals surface area contributed by atoms with E-state index in [1.54, 1.807) is 25.3 Å². The normalized spacial score (nSPS) is 31.0. The molecule has 9 heteroatoms. The minimum absolute atomic E-state index is 0.0903. The van der Waals surface area contributed by atoms with Gasteiger partial charge >= 0.3 is 12.1 Å². The topological polar surface area (TPSA) is 103 Å². The number of carbonyl (C=O) groups excluding carboxylic acids is 3. The van der Waals surface area contributed by atoms with Gasteiger partial charge in [-0.05, 0) is 42.7 Å². The van der Waals surface area contributed by atoms with Gasteiger partial charge in [-0.2, -0.15) is 0 Å². The van der Waals surface area contributed by atoms with Crippen molar-refractivity contribution >= 4 is 18.0 Å². The van der Waals surface area contributed by atoms with Crippen LogP contribution >= 0.6 is 0 Å². The summed E-state index contributed by atoms with van der Waals surface area (Å²) in [5.74, 6) is 0.659. The van der Waals surface area contributed by atoms with E-state index in [-0.39, 0.29) is 29.4 Å². The third-order valence-electron chi connectivity index (χ3n) is 8.71. The van der Waals surface area contributed by atoms with Gasteiger partial charge in [0.15, 0.2) is 6.04 Å². The number of nitrogens with one attached hydrogen (secondary N) is 1. The lowest BCUT2D eigenvalue weighted by atomic mass is 9.70. The van der Waals surface area contributed by atoms with Crippen molar-refractivity contribution in [1.29, 1.82) is 0 Å². The number of benzene rings is 1. The van der Waals surface area contributed by atoms with Crippen molar-refractivity contribution in [3.8, 4) is 11.5 Å². The first-order chi connectivity index (χ1) is 16.1. The molecule has 4 rings (SSSR count). The molecule has 5 atom stereocenters. The fraction of sp³-hybridized carbons (Fsp3) is 0.640. The van der Waals surface area contributed by atoms with Crippen molar-refractivity contribution in [1.82, 2.24) is 10.2 Å². The van der Waals surface area contributed by atoms with E-state index >= 15 is 0 Å². The van der Waals surface area contributed by atoms with Crippen LogP contribution in [0.15, 0.2) is 18.2 Å². The predicted molar refractivity (Wildman–Crippen MR) is 122 cm³/mol. The molecule has 0 radical (unpaired) electrons. The molecule has 1 aromatic rings. The van der Waals surface area contributed by atoms with Gasteiger partial charge in [0, 0.05) is 17.0 Å². The molecule has 3 fully saturated rings. The second-order valence-electron chi connectivity index (χ2n) is 10.2. The summed E-state index contributed by atoms with van der Waals surface area (Å²) in [6.45, 7) is 6.77. The molecule has 1 aliphatic heterocycles. The molecule has 1 saturated heterocycles. The Morgan fingerprint density at radius 2 is 1.88 bits per heavy atom. The molecular formula is C25H34N2O7. The summed E-state index contributed by atoms with van der Waals surface area (Å²) in [5.41, 5.74) is 0.688. The van der Waals surface area contributed by atoms with Gasteiger partial charge in [-0.3, -0.25) is 4.79 Å². The number of hydrogen-bond acceptors (Lipinski definition) is 7. The Kier molecular flexibility index (Phi) is 6.16. The first kappa shape index (κ1) is 24.2. The summed E-state index contributed by atoms with van der Waals surface area (Å²) >= 11 is 0. The minimum Gasteiger partial charge on any atom is -0.497 e. The monoisotopic (exact) mass is 474 g/mol. The second kappa shape index (κ2) is 8.67. The number of alkyl carbamates (subject to hydrolysis) is 1. The van der Waals surface area contributed by atoms with Crippen LogP contribution in [0.1, 0.15) is 45.6 Å². The fourth-order valence-corrected chi connectivity index (χ4v) is 6.01. The van der Waals surface area contributed by atoms with Gasteiger partial charge in [0.25, 0.3) is 0 Å². The lowest BCUT2D eigenvalue weighted by Gasteiger charge is -2.45. The fourth-order valence-electron chi connectivity index (χ4n) is 6.01. The number of likely N-dealkylation sites (tertiary alicyclic amines) is 1. The molecule has 3 aliphatic rings. The molecule has 1 N–H and O–H groups in total. The van der Waals surface area contributed by atoms with E-state index in [9.17, 15) is 14.4 Å². The van der Waals surface area contributed by atoms with Crippen LogP contribution in [-0.4, -0.2) is 62.4 Å². The number of carbonyl (C=O) groups is 3. The summed E-state index contributed by atoms with van der Waals surface area (Å²) in [7, 11) is 4.32. The van der Waals surface area contributed by atoms with Crippen LogP contribution in [0.3, 0.4) is 0 Å². The zero-order valence-corrected chi connectivity index (χ0v) is 20.7. The highest BCUT2D eigenvalue weighted by Gasteiger charge is 2.63. The molecule has 2 bridgehead atoms. The van der Waals surface area contributed by atoms with Crippen molar-refractivity contribution in [2.75, 3.05) is 21.3 Å². The zero-order valence-electron chi connectivity index (χ0n) is 20.7. The SMILES string of the molecule is COC(=O)C1C(NC(=O)OC2CC3CCC2(C)C3(C)C)C(=O)N1Cc1ccc(OC)cc1OC. The Balaban J connectivity index is 1.44. The molecule has 0 aromatic heterocycles. The van der Waals surface area contributed by atoms with Gasteiger partial charge in [-0.25, -0.2) is 9.59 Å². The number of nitrogens with zero attached hydrogens (tertiary/aromatic N) is 1. The predicted octanol–water partition coefficient (Wildman–Crippen LogP) is 2.90. The molecule has 2 amide bonds. The largest absolute Gasteiger partial charge is 0.497 e. The smallest absolute Gasteiger partial charge is 0.408 e. The minimum atomic E-state index is -1.04. The van der Waals surface area contributed by atoms with Crippen LogP contribution in [0.2, 0.25) is 0 Å². The summed E-state index contributed by atoms with van der Waals surface area (Å²) in [6.07, 6.45) is 2.07. The van der Waals surface area contributed by atoms with E-state index in [1.807, 2.05) is 0 Å². The third-order valence-corrected chi connectivity index (χ3v) is 8.71. The molecule has 5 unspecified atom stereocenters. The van der Waals surface area contributed by atoms with E-state index in [0.717, 1.165) is 19.3 Å². The Labute approximate surface area is 200 Å². The number of methoxy groups -OCH3 is 3. The highest BCUT2D eigenvalue weighted by atomic mass is 16.6. The molecule has 34 heavy (non-hydrogen) atoms. The first-order valence-corrected chi connectivity index (χ1v) is 11.6. The maximum Gasteiger partial charge on any atom is 0.408 e. The molecule has 2 aliphatic carbocycles. The van der Waals surface area contributed by atoms with E-state index < -0.39 is 24.1 Å². The summed E-state index contributed by atoms with van der Waals surface area (Å²) in [6, 6.07) is 3.23. The number of rotatable bonds is 7. The number of β-lactam (4-membered cyclic amide) rings is 1. The summed E-state index contributed by atoms with van der Waals surface area (Å²) < 4.78 is 21.3. The molecule has 0 spiro atoms. The highest BCUT2D eigenvalue weighted by molar-refractivity contribution is 6.01. The Hall–Kier alpha value is -2.97. The lowest BCUT2D eigenvalue weighted by Crippen LogP contribution is -2.73. The third kappa shape index (κ3) is 3.65. The van der Waals surface area contributed by atoms with E-state index in [2.05, 4.69) is 26.1 Å². The maximum atomic E-state index is 13.0. The number of amides is 2. The van der Waals surface area contributed by atoms with E-state index in [0.29, 0.717) is 23.0 Å². The van der Waals surface area contributed by atoms with Crippen molar-refractivity contribution in [3.63, 3.8) is 0 Å². The van der Waals surface area contributed by atoms with E-state index in [4.69, 9.17) is 18.9 Å². The van der Waals surface area contributed by atoms with Crippen molar-refractivity contribution in [2.45, 2.75) is 64.8 Å². The number of ether oxygens (including phenoxy) is 4. The standard InChI is InChI=1S/C25H34N2O7/c1-24(2)15-9-10-25(24,3)18(11-15)34-23(30)26-19-20(22(29)33-6)27(21(19)28)13-14-7-8-16(31-4)12-17(14)32-5/h7-8,12,15,18-20H,9-11,13H2,1-6H3,(H,26,30). The van der Waals surface area contributed by atoms with Gasteiger partial charge in [-0.15, -0.1) is 0 Å². The van der Waals surface area contributed by atoms with Crippen LogP contribution in [0.5, 0.6) is 11.5 Å². The Bertz CT molecular complexity index is 993. The van der Waals surface area contributed by atoms with Crippen molar-refractivity contribution in [3.05, 3.63) is 23.8 Å². The molecule has 186 valence electrons. The maximum absolute atomic E-state index is 13.0. The molecule has 1 aromatic carbocycles. The van der Waals surface area contributed by atoms with Gasteiger partial charge in [-0.1, -0.05) is 20.8 Å². The molecule has 9 nitrogen and oxygen atoms in total. The Morgan fingerprint density at radius 1 is 1.15 bits per heavy atom. The van der Waals surface area contributed by atoms with Gasteiger partial charge < -0.3 is 29.2 Å². The lowest BCUT2D eigenvalue weighted by molar-refractivity contribution is -0.169. The van der Waals surface area contributed by atoms with Crippen LogP contribution in [0.4, 0.5) is 4.79 Å². The van der Waals surface area contributed by atoms with Gasteiger partial charge in [0.1, 0.15) is 23.6 Å². The highest BCUT2D eigenvalue weighted by Crippen LogP contribution is 2.66. The zero-order chi connectivity index (χ0) is 24.8. The average molecular weight is 475 g/mol.